The average Bonchev–Trinajstić information content (AvgIpc) is 4.31. The van der Waals surface area contributed by atoms with Crippen molar-refractivity contribution >= 4 is 99.0 Å². The number of aromatic nitrogens is 3. The van der Waals surface area contributed by atoms with E-state index in [0.29, 0.717) is 27.9 Å². The Morgan fingerprint density at radius 3 is 2.25 bits per heavy atom. The fourth-order valence-corrected chi connectivity index (χ4v) is 12.8. The third kappa shape index (κ3) is 13.4. The van der Waals surface area contributed by atoms with E-state index < -0.39 is 102 Å². The van der Waals surface area contributed by atoms with Crippen LogP contribution in [0.4, 0.5) is 0 Å². The van der Waals surface area contributed by atoms with E-state index in [0.717, 1.165) is 54.3 Å². The van der Waals surface area contributed by atoms with Gasteiger partial charge in [-0.05, 0) is 85.4 Å². The average molecular weight is 1160 g/mol. The Morgan fingerprint density at radius 2 is 1.58 bits per heavy atom. The fraction of sp³-hybridized carbons (Fsp3) is 0.426. The molecule has 2 saturated heterocycles. The molecule has 0 unspecified atom stereocenters. The van der Waals surface area contributed by atoms with E-state index in [1.165, 1.54) is 16.2 Å². The molecular formula is C54H63ClN12O9S3. The number of carbonyl (C=O) groups excluding carboxylic acids is 8. The minimum atomic E-state index is -1.43. The van der Waals surface area contributed by atoms with Gasteiger partial charge in [-0.3, -0.25) is 47.9 Å². The van der Waals surface area contributed by atoms with Crippen molar-refractivity contribution in [3.8, 4) is 15.4 Å². The van der Waals surface area contributed by atoms with Crippen molar-refractivity contribution in [2.75, 3.05) is 31.1 Å². The maximum atomic E-state index is 14.4. The summed E-state index contributed by atoms with van der Waals surface area (Å²) in [7, 11) is 0. The number of aliphatic hydroxyl groups excluding tert-OH is 1. The number of benzene rings is 2. The number of nitrogens with two attached hydrogens (primary N) is 1. The van der Waals surface area contributed by atoms with Crippen LogP contribution in [0.5, 0.6) is 0 Å². The Labute approximate surface area is 473 Å². The van der Waals surface area contributed by atoms with Gasteiger partial charge < -0.3 is 47.6 Å². The highest BCUT2D eigenvalue weighted by Crippen LogP contribution is 2.40. The molecule has 25 heteroatoms. The van der Waals surface area contributed by atoms with Crippen LogP contribution in [0.2, 0.25) is 5.02 Å². The first-order valence-corrected chi connectivity index (χ1v) is 28.8. The summed E-state index contributed by atoms with van der Waals surface area (Å²) in [6.45, 7) is 11.9. The summed E-state index contributed by atoms with van der Waals surface area (Å²) in [5, 5.41) is 39.2. The first-order valence-electron chi connectivity index (χ1n) is 25.6. The number of amides is 8. The molecule has 9 N–H and O–H groups in total. The first kappa shape index (κ1) is 58.2. The van der Waals surface area contributed by atoms with Gasteiger partial charge >= 0.3 is 0 Å². The predicted octanol–water partition coefficient (Wildman–Crippen LogP) is 3.40. The highest BCUT2D eigenvalue weighted by atomic mass is 35.5. The molecule has 79 heavy (non-hydrogen) atoms. The third-order valence-electron chi connectivity index (χ3n) is 13.9. The van der Waals surface area contributed by atoms with Crippen LogP contribution in [0.25, 0.3) is 15.4 Å². The van der Waals surface area contributed by atoms with E-state index >= 15 is 0 Å². The maximum Gasteiger partial charge on any atom is 0.247 e. The quantitative estimate of drug-likeness (QED) is 0.105. The van der Waals surface area contributed by atoms with Crippen LogP contribution in [-0.4, -0.2) is 139 Å². The summed E-state index contributed by atoms with van der Waals surface area (Å²) in [5.74, 6) is -5.40. The Kier molecular flexibility index (Phi) is 18.1. The minimum absolute atomic E-state index is 0.166. The number of aliphatic hydroxyl groups is 1. The SMILES string of the molecule is Cc1ccsc1-c1ccc([C@H]2NC(=O)[C@@H]3C[C@@H](O)CN3C(=O)[C@H](C(C)(C)C)NC(=O)CSC[C@H](C(N)=O)NC(=O)[C@@H](CCNC(=O)C[C@@H]3N=C(c4ccc(Cl)cc4)c4c(sc(C)c4C)-n4c(C)nnc43)NC(=O)CNC2=O)cc1. The van der Waals surface area contributed by atoms with Crippen LogP contribution < -0.4 is 37.6 Å². The summed E-state index contributed by atoms with van der Waals surface area (Å²) >= 11 is 10.3. The van der Waals surface area contributed by atoms with Gasteiger partial charge in [0.25, 0.3) is 0 Å². The molecule has 0 radical (unpaired) electrons. The number of thioether (sulfide) groups is 1. The fourth-order valence-electron chi connectivity index (χ4n) is 9.61. The van der Waals surface area contributed by atoms with E-state index in [1.54, 1.807) is 68.5 Å². The summed E-state index contributed by atoms with van der Waals surface area (Å²) < 4.78 is 1.91. The van der Waals surface area contributed by atoms with Gasteiger partial charge in [0.05, 0.1) is 30.5 Å². The number of halogens is 1. The predicted molar refractivity (Wildman–Crippen MR) is 302 cm³/mol. The van der Waals surface area contributed by atoms with Crippen LogP contribution in [0.1, 0.15) is 96.5 Å². The zero-order chi connectivity index (χ0) is 57.0. The van der Waals surface area contributed by atoms with Crippen molar-refractivity contribution in [3.05, 3.63) is 109 Å². The lowest BCUT2D eigenvalue weighted by Crippen LogP contribution is -2.58. The highest BCUT2D eigenvalue weighted by molar-refractivity contribution is 8.00. The molecule has 0 aliphatic carbocycles. The van der Waals surface area contributed by atoms with Crippen molar-refractivity contribution in [1.29, 1.82) is 0 Å². The topological polar surface area (TPSA) is 301 Å². The van der Waals surface area contributed by atoms with Gasteiger partial charge in [0.2, 0.25) is 47.3 Å². The lowest BCUT2D eigenvalue weighted by molar-refractivity contribution is -0.144. The lowest BCUT2D eigenvalue weighted by Gasteiger charge is -2.35. The zero-order valence-electron chi connectivity index (χ0n) is 44.6. The van der Waals surface area contributed by atoms with Crippen molar-refractivity contribution in [2.24, 2.45) is 16.1 Å². The number of primary amides is 1. The highest BCUT2D eigenvalue weighted by Gasteiger charge is 2.45. The number of hydrogen-bond donors (Lipinski definition) is 8. The number of carbonyl (C=O) groups is 8. The molecule has 5 aromatic rings. The standard InChI is InChI=1S/C54H63ClN12O9S3/c1-26-17-19-78-45(26)32-10-8-31(9-11-32)44-51(75)58-22-40(70)59-35(49(73)61-37(47(56)72)24-77-25-41(71)62-46(54(5,6)7)52(76)66-23-34(68)20-38(66)50(74)63-44)16-18-57-39(69)21-36-48-65-64-29(4)67(48)53-42(27(2)28(3)79-53)43(60-36)30-12-14-33(55)15-13-30/h8-15,17,19,34-38,44,46,68H,16,18,20-25H2,1-7H3,(H2,56,72)(H,57,69)(H,58,75)(H,59,70)(H,61,73)(H,62,71)(H,63,74)/t34-,35-,36+,37-,38+,44-,46-/m1/s1. The number of aryl methyl sites for hydroxylation is 3. The van der Waals surface area contributed by atoms with Crippen LogP contribution >= 0.6 is 46.0 Å². The molecule has 8 rings (SSSR count). The Morgan fingerprint density at radius 1 is 0.873 bits per heavy atom. The van der Waals surface area contributed by atoms with Gasteiger partial charge in [0, 0.05) is 51.2 Å². The van der Waals surface area contributed by atoms with Gasteiger partial charge in [-0.15, -0.1) is 44.6 Å². The Bertz CT molecular complexity index is 3210. The van der Waals surface area contributed by atoms with Gasteiger partial charge in [-0.1, -0.05) is 68.8 Å². The second-order valence-corrected chi connectivity index (χ2v) is 24.4. The first-order chi connectivity index (χ1) is 37.5. The smallest absolute Gasteiger partial charge is 0.247 e. The molecule has 3 aliphatic rings. The largest absolute Gasteiger partial charge is 0.391 e. The number of rotatable bonds is 9. The van der Waals surface area contributed by atoms with Gasteiger partial charge in [-0.2, -0.15) is 0 Å². The number of aliphatic imine (C=N–C) groups is 1. The van der Waals surface area contributed by atoms with Crippen LogP contribution in [0, 0.1) is 33.1 Å². The van der Waals surface area contributed by atoms with Crippen molar-refractivity contribution in [2.45, 2.75) is 110 Å². The monoisotopic (exact) mass is 1150 g/mol. The molecule has 8 amide bonds. The van der Waals surface area contributed by atoms with E-state index in [-0.39, 0.29) is 43.9 Å². The molecule has 418 valence electrons. The molecule has 21 nitrogen and oxygen atoms in total. The molecule has 6 heterocycles. The molecule has 0 bridgehead atoms. The molecule has 2 fully saturated rings. The van der Waals surface area contributed by atoms with Crippen molar-refractivity contribution in [3.63, 3.8) is 0 Å². The maximum absolute atomic E-state index is 14.4. The second kappa shape index (κ2) is 24.6. The molecule has 7 atom stereocenters. The molecule has 0 spiro atoms. The molecule has 3 aliphatic heterocycles. The molecular weight excluding hydrogens is 1090 g/mol. The van der Waals surface area contributed by atoms with Crippen LogP contribution in [-0.2, 0) is 38.4 Å². The number of thiophene rings is 2. The molecule has 2 aromatic carbocycles. The third-order valence-corrected chi connectivity index (χ3v) is 17.5. The summed E-state index contributed by atoms with van der Waals surface area (Å²) in [6.07, 6.45) is -1.68. The van der Waals surface area contributed by atoms with Crippen molar-refractivity contribution in [1.82, 2.24) is 51.6 Å². The normalized spacial score (nSPS) is 22.8. The van der Waals surface area contributed by atoms with Gasteiger partial charge in [0.1, 0.15) is 47.1 Å². The summed E-state index contributed by atoms with van der Waals surface area (Å²) in [4.78, 5) is 120. The number of hydrogen-bond acceptors (Lipinski definition) is 15. The zero-order valence-corrected chi connectivity index (χ0v) is 47.8. The molecule has 0 saturated carbocycles. The Balaban J connectivity index is 1.05. The number of fused-ring (bicyclic) bond motifs is 4. The van der Waals surface area contributed by atoms with Crippen molar-refractivity contribution < 1.29 is 43.5 Å². The summed E-state index contributed by atoms with van der Waals surface area (Å²) in [5.41, 5.74) is 10.4. The minimum Gasteiger partial charge on any atom is -0.391 e. The van der Waals surface area contributed by atoms with E-state index in [2.05, 4.69) is 42.1 Å². The summed E-state index contributed by atoms with van der Waals surface area (Å²) in [6, 6.07) is 8.67. The van der Waals surface area contributed by atoms with E-state index in [1.807, 2.05) is 55.8 Å². The second-order valence-electron chi connectivity index (χ2n) is 20.8. The van der Waals surface area contributed by atoms with Gasteiger partial charge in [-0.25, -0.2) is 0 Å². The van der Waals surface area contributed by atoms with Crippen LogP contribution in [0.3, 0.4) is 0 Å². The van der Waals surface area contributed by atoms with E-state index in [9.17, 15) is 43.5 Å². The number of nitrogens with zero attached hydrogens (tertiary/aromatic N) is 5. The van der Waals surface area contributed by atoms with E-state index in [4.69, 9.17) is 22.3 Å². The number of nitrogens with one attached hydrogen (secondary N) is 6. The van der Waals surface area contributed by atoms with Gasteiger partial charge in [0.15, 0.2) is 5.82 Å². The lowest BCUT2D eigenvalue weighted by atomic mass is 9.85. The van der Waals surface area contributed by atoms with Crippen LogP contribution in [0.15, 0.2) is 65.0 Å². The Hall–Kier alpha value is -6.99. The molecule has 3 aromatic heterocycles.